The molecule has 0 saturated carbocycles. The summed E-state index contributed by atoms with van der Waals surface area (Å²) in [7, 11) is 3.55. The fourth-order valence-electron chi connectivity index (χ4n) is 3.57. The summed E-state index contributed by atoms with van der Waals surface area (Å²) in [6.07, 6.45) is 1.03. The van der Waals surface area contributed by atoms with Crippen molar-refractivity contribution < 1.29 is 19.3 Å². The number of ether oxygens (including phenoxy) is 3. The van der Waals surface area contributed by atoms with E-state index in [4.69, 9.17) is 19.3 Å². The van der Waals surface area contributed by atoms with Crippen LogP contribution in [0, 0.1) is 0 Å². The van der Waals surface area contributed by atoms with Crippen molar-refractivity contribution in [1.29, 1.82) is 0 Å². The minimum Gasteiger partial charge on any atom is -0.439 e. The first kappa shape index (κ1) is 24.7. The average molecular weight is 452 g/mol. The maximum Gasteiger partial charge on any atom is 0.222 e. The van der Waals surface area contributed by atoms with Crippen LogP contribution in [0.4, 0.5) is 0 Å². The van der Waals surface area contributed by atoms with Crippen LogP contribution in [0.1, 0.15) is 5.56 Å². The van der Waals surface area contributed by atoms with Crippen molar-refractivity contribution in [2.75, 3.05) is 40.0 Å². The Labute approximate surface area is 195 Å². The molecule has 3 aromatic rings. The lowest BCUT2D eigenvalue weighted by atomic mass is 10.1. The quantitative estimate of drug-likeness (QED) is 0.296. The number of aliphatic hydroxyl groups excluding tert-OH is 1. The van der Waals surface area contributed by atoms with Crippen LogP contribution in [-0.4, -0.2) is 65.9 Å². The molecule has 0 aliphatic carbocycles. The van der Waals surface area contributed by atoms with Gasteiger partial charge in [0.25, 0.3) is 0 Å². The molecular weight excluding hydrogens is 418 g/mol. The lowest BCUT2D eigenvalue weighted by molar-refractivity contribution is 0.0193. The van der Waals surface area contributed by atoms with Crippen LogP contribution in [0.5, 0.6) is 11.6 Å². The van der Waals surface area contributed by atoms with Crippen LogP contribution in [0.25, 0.3) is 11.3 Å². The maximum absolute atomic E-state index is 10.5. The first-order valence-corrected chi connectivity index (χ1v) is 11.0. The van der Waals surface area contributed by atoms with E-state index in [-0.39, 0.29) is 6.61 Å². The Kier molecular flexibility index (Phi) is 9.65. The number of hydrogen-bond acceptors (Lipinski definition) is 6. The number of benzene rings is 2. The van der Waals surface area contributed by atoms with E-state index >= 15 is 0 Å². The zero-order chi connectivity index (χ0) is 23.5. The van der Waals surface area contributed by atoms with Crippen LogP contribution < -0.4 is 4.74 Å². The number of aryl methyl sites for hydroxylation is 1. The van der Waals surface area contributed by atoms with Crippen molar-refractivity contribution in [2.24, 2.45) is 7.05 Å². The first-order valence-electron chi connectivity index (χ1n) is 11.0. The van der Waals surface area contributed by atoms with Crippen molar-refractivity contribution in [3.05, 3.63) is 78.9 Å². The second-order valence-electron chi connectivity index (χ2n) is 7.74. The predicted octanol–water partition coefficient (Wildman–Crippen LogP) is 3.89. The number of aliphatic hydroxyl groups is 1. The summed E-state index contributed by atoms with van der Waals surface area (Å²) in [6.45, 7) is 6.42. The molecule has 7 nitrogen and oxygen atoms in total. The second kappa shape index (κ2) is 12.9. The molecule has 0 aliphatic heterocycles. The van der Waals surface area contributed by atoms with Crippen molar-refractivity contribution in [1.82, 2.24) is 14.7 Å². The lowest BCUT2D eigenvalue weighted by Gasteiger charge is -2.25. The Morgan fingerprint density at radius 1 is 1.12 bits per heavy atom. The van der Waals surface area contributed by atoms with Gasteiger partial charge in [-0.2, -0.15) is 5.10 Å². The summed E-state index contributed by atoms with van der Waals surface area (Å²) in [5.74, 6) is 1.41. The van der Waals surface area contributed by atoms with Crippen LogP contribution in [0.3, 0.4) is 0 Å². The van der Waals surface area contributed by atoms with E-state index in [2.05, 4.69) is 11.5 Å². The number of rotatable bonds is 14. The molecule has 1 atom stereocenters. The van der Waals surface area contributed by atoms with Crippen LogP contribution in [-0.2, 0) is 23.1 Å². The van der Waals surface area contributed by atoms with Gasteiger partial charge in [-0.3, -0.25) is 4.90 Å². The zero-order valence-corrected chi connectivity index (χ0v) is 19.4. The SMILES string of the molecule is C=CCOCC(O)CN(CCOC)Cc1c(-c2ccccc2)nn(C)c1Oc1ccccc1. The number of nitrogens with zero attached hydrogens (tertiary/aromatic N) is 3. The topological polar surface area (TPSA) is 69.0 Å². The molecule has 7 heteroatoms. The normalized spacial score (nSPS) is 12.1. The van der Waals surface area contributed by atoms with E-state index in [1.165, 1.54) is 0 Å². The third-order valence-corrected chi connectivity index (χ3v) is 5.10. The van der Waals surface area contributed by atoms with Gasteiger partial charge < -0.3 is 19.3 Å². The third-order valence-electron chi connectivity index (χ3n) is 5.10. The molecule has 0 spiro atoms. The van der Waals surface area contributed by atoms with E-state index in [0.717, 1.165) is 22.6 Å². The van der Waals surface area contributed by atoms with Crippen molar-refractivity contribution in [2.45, 2.75) is 12.6 Å². The van der Waals surface area contributed by atoms with Gasteiger partial charge in [0.15, 0.2) is 0 Å². The van der Waals surface area contributed by atoms with Gasteiger partial charge in [0.1, 0.15) is 11.4 Å². The monoisotopic (exact) mass is 451 g/mol. The summed E-state index contributed by atoms with van der Waals surface area (Å²) < 4.78 is 18.8. The van der Waals surface area contributed by atoms with Crippen LogP contribution in [0.15, 0.2) is 73.3 Å². The zero-order valence-electron chi connectivity index (χ0n) is 19.4. The Morgan fingerprint density at radius 3 is 2.48 bits per heavy atom. The molecule has 0 aliphatic rings. The lowest BCUT2D eigenvalue weighted by Crippen LogP contribution is -2.36. The molecule has 1 unspecified atom stereocenters. The number of aromatic nitrogens is 2. The highest BCUT2D eigenvalue weighted by atomic mass is 16.5. The van der Waals surface area contributed by atoms with E-state index in [1.54, 1.807) is 17.9 Å². The summed E-state index contributed by atoms with van der Waals surface area (Å²) in [4.78, 5) is 2.13. The molecule has 0 bridgehead atoms. The molecule has 2 aromatic carbocycles. The number of para-hydroxylation sites is 1. The van der Waals surface area contributed by atoms with Crippen molar-refractivity contribution >= 4 is 0 Å². The minimum atomic E-state index is -0.642. The van der Waals surface area contributed by atoms with E-state index in [1.807, 2.05) is 67.7 Å². The fourth-order valence-corrected chi connectivity index (χ4v) is 3.57. The standard InChI is InChI=1S/C26H33N3O4/c1-4-16-32-20-22(30)18-29(15-17-31-3)19-24-25(21-11-7-5-8-12-21)27-28(2)26(24)33-23-13-9-6-10-14-23/h4-14,22,30H,1,15-20H2,2-3H3. The molecule has 3 rings (SSSR count). The maximum atomic E-state index is 10.5. The van der Waals surface area contributed by atoms with Crippen LogP contribution in [0.2, 0.25) is 0 Å². The highest BCUT2D eigenvalue weighted by Crippen LogP contribution is 2.34. The number of methoxy groups -OCH3 is 1. The Hall–Kier alpha value is -2.97. The molecule has 33 heavy (non-hydrogen) atoms. The third kappa shape index (κ3) is 7.27. The number of hydrogen-bond donors (Lipinski definition) is 1. The molecule has 0 saturated heterocycles. The van der Waals surface area contributed by atoms with Crippen molar-refractivity contribution in [3.8, 4) is 22.9 Å². The van der Waals surface area contributed by atoms with Gasteiger partial charge in [0, 0.05) is 39.4 Å². The summed E-state index contributed by atoms with van der Waals surface area (Å²) in [5.41, 5.74) is 2.80. The van der Waals surface area contributed by atoms with E-state index < -0.39 is 6.10 Å². The molecule has 1 aromatic heterocycles. The highest BCUT2D eigenvalue weighted by molar-refractivity contribution is 5.65. The fraction of sp³-hybridized carbons (Fsp3) is 0.346. The molecule has 0 fully saturated rings. The van der Waals surface area contributed by atoms with Crippen LogP contribution >= 0.6 is 0 Å². The average Bonchev–Trinajstić information content (AvgIpc) is 3.13. The Balaban J connectivity index is 1.91. The molecule has 1 heterocycles. The highest BCUT2D eigenvalue weighted by Gasteiger charge is 2.23. The summed E-state index contributed by atoms with van der Waals surface area (Å²) >= 11 is 0. The molecule has 0 radical (unpaired) electrons. The molecule has 1 N–H and O–H groups in total. The smallest absolute Gasteiger partial charge is 0.222 e. The van der Waals surface area contributed by atoms with E-state index in [0.29, 0.717) is 38.7 Å². The summed E-state index contributed by atoms with van der Waals surface area (Å²) in [6, 6.07) is 19.7. The second-order valence-corrected chi connectivity index (χ2v) is 7.74. The van der Waals surface area contributed by atoms with Gasteiger partial charge in [-0.25, -0.2) is 4.68 Å². The Morgan fingerprint density at radius 2 is 1.82 bits per heavy atom. The van der Waals surface area contributed by atoms with Gasteiger partial charge in [0.05, 0.1) is 31.5 Å². The predicted molar refractivity (Wildman–Crippen MR) is 129 cm³/mol. The largest absolute Gasteiger partial charge is 0.439 e. The van der Waals surface area contributed by atoms with E-state index in [9.17, 15) is 5.11 Å². The van der Waals surface area contributed by atoms with Crippen molar-refractivity contribution in [3.63, 3.8) is 0 Å². The van der Waals surface area contributed by atoms with Gasteiger partial charge in [-0.1, -0.05) is 54.6 Å². The molecule has 0 amide bonds. The summed E-state index contributed by atoms with van der Waals surface area (Å²) in [5, 5.41) is 15.3. The Bertz CT molecular complexity index is 976. The molecule has 176 valence electrons. The molecular formula is C26H33N3O4. The minimum absolute atomic E-state index is 0.238. The first-order chi connectivity index (χ1) is 16.1. The van der Waals surface area contributed by atoms with Gasteiger partial charge in [0.2, 0.25) is 5.88 Å². The van der Waals surface area contributed by atoms with Gasteiger partial charge in [-0.05, 0) is 12.1 Å². The van der Waals surface area contributed by atoms with Gasteiger partial charge >= 0.3 is 0 Å². The van der Waals surface area contributed by atoms with Gasteiger partial charge in [-0.15, -0.1) is 6.58 Å².